The van der Waals surface area contributed by atoms with E-state index < -0.39 is 0 Å². The molecular weight excluding hydrogens is 238 g/mol. The van der Waals surface area contributed by atoms with Gasteiger partial charge in [0.05, 0.1) is 11.4 Å². The summed E-state index contributed by atoms with van der Waals surface area (Å²) in [5.74, 6) is 0.0429. The topological polar surface area (TPSA) is 86.6 Å². The summed E-state index contributed by atoms with van der Waals surface area (Å²) in [6.45, 7) is 2.02. The number of nitrogens with zero attached hydrogens (tertiary/aromatic N) is 2. The zero-order valence-corrected chi connectivity index (χ0v) is 10.6. The molecule has 2 aromatic rings. The molecule has 19 heavy (non-hydrogen) atoms. The quantitative estimate of drug-likeness (QED) is 0.337. The van der Waals surface area contributed by atoms with Crippen molar-refractivity contribution in [3.63, 3.8) is 0 Å². The third-order valence-corrected chi connectivity index (χ3v) is 2.54. The van der Waals surface area contributed by atoms with Gasteiger partial charge in [0.2, 0.25) is 0 Å². The third kappa shape index (κ3) is 3.64. The molecule has 0 amide bonds. The van der Waals surface area contributed by atoms with Gasteiger partial charge in [-0.15, -0.1) is 5.11 Å². The lowest BCUT2D eigenvalue weighted by Gasteiger charge is -2.00. The first kappa shape index (κ1) is 12.8. The summed E-state index contributed by atoms with van der Waals surface area (Å²) in [6.07, 6.45) is 0. The highest BCUT2D eigenvalue weighted by molar-refractivity contribution is 5.95. The Morgan fingerprint density at radius 1 is 1.16 bits per heavy atom. The number of rotatable bonds is 4. The normalized spacial score (nSPS) is 10.6. The summed E-state index contributed by atoms with van der Waals surface area (Å²) >= 11 is 0. The van der Waals surface area contributed by atoms with Crippen LogP contribution in [-0.2, 0) is 0 Å². The average Bonchev–Trinajstić information content (AvgIpc) is 2.39. The van der Waals surface area contributed by atoms with Gasteiger partial charge in [-0.1, -0.05) is 17.4 Å². The largest absolute Gasteiger partial charge is 0.384 e. The summed E-state index contributed by atoms with van der Waals surface area (Å²) in [5, 5.41) is 15.2. The van der Waals surface area contributed by atoms with Gasteiger partial charge in [0.15, 0.2) is 0 Å². The first-order valence-electron chi connectivity index (χ1n) is 5.83. The Kier molecular flexibility index (Phi) is 3.87. The summed E-state index contributed by atoms with van der Waals surface area (Å²) in [7, 11) is 0. The number of nitrogens with two attached hydrogens (primary N) is 1. The average molecular weight is 253 g/mol. The van der Waals surface area contributed by atoms with E-state index in [0.717, 1.165) is 11.3 Å². The van der Waals surface area contributed by atoms with Gasteiger partial charge in [0.1, 0.15) is 5.84 Å². The standard InChI is InChI=1S/C14H15N5/c1-10-3-2-4-13(9-10)18-19-17-12-7-5-11(6-8-12)14(15)16/h2-9H,1H3,(H3,15,16)(H,17,18). The van der Waals surface area contributed by atoms with Crippen molar-refractivity contribution in [2.45, 2.75) is 6.92 Å². The number of amidine groups is 1. The van der Waals surface area contributed by atoms with Crippen molar-refractivity contribution in [3.8, 4) is 0 Å². The minimum Gasteiger partial charge on any atom is -0.384 e. The number of hydrogen-bond donors (Lipinski definition) is 3. The summed E-state index contributed by atoms with van der Waals surface area (Å²) in [4.78, 5) is 0. The van der Waals surface area contributed by atoms with Crippen molar-refractivity contribution in [2.24, 2.45) is 16.1 Å². The first-order valence-corrected chi connectivity index (χ1v) is 5.83. The predicted molar refractivity (Wildman–Crippen MR) is 76.8 cm³/mol. The van der Waals surface area contributed by atoms with Crippen LogP contribution in [0.3, 0.4) is 0 Å². The lowest BCUT2D eigenvalue weighted by Crippen LogP contribution is -2.10. The van der Waals surface area contributed by atoms with E-state index in [2.05, 4.69) is 15.8 Å². The van der Waals surface area contributed by atoms with Crippen LogP contribution in [0.1, 0.15) is 11.1 Å². The van der Waals surface area contributed by atoms with Crippen molar-refractivity contribution in [1.82, 2.24) is 0 Å². The monoisotopic (exact) mass is 253 g/mol. The molecule has 5 heteroatoms. The molecule has 0 unspecified atom stereocenters. The van der Waals surface area contributed by atoms with Gasteiger partial charge in [-0.25, -0.2) is 0 Å². The van der Waals surface area contributed by atoms with Crippen molar-refractivity contribution in [3.05, 3.63) is 59.7 Å². The van der Waals surface area contributed by atoms with Crippen LogP contribution < -0.4 is 11.2 Å². The Hall–Kier alpha value is -2.69. The number of nitrogen functional groups attached to an aromatic ring is 1. The molecule has 0 saturated heterocycles. The number of hydrogen-bond acceptors (Lipinski definition) is 3. The van der Waals surface area contributed by atoms with E-state index in [-0.39, 0.29) is 5.84 Å². The molecule has 0 aliphatic rings. The third-order valence-electron chi connectivity index (χ3n) is 2.54. The maximum atomic E-state index is 7.29. The molecule has 0 aromatic heterocycles. The van der Waals surface area contributed by atoms with Crippen molar-refractivity contribution in [1.29, 1.82) is 5.41 Å². The van der Waals surface area contributed by atoms with Gasteiger partial charge < -0.3 is 5.73 Å². The van der Waals surface area contributed by atoms with Crippen LogP contribution >= 0.6 is 0 Å². The predicted octanol–water partition coefficient (Wildman–Crippen LogP) is 3.39. The Morgan fingerprint density at radius 3 is 2.53 bits per heavy atom. The van der Waals surface area contributed by atoms with Crippen LogP contribution in [0, 0.1) is 12.3 Å². The molecule has 2 rings (SSSR count). The fourth-order valence-corrected chi connectivity index (χ4v) is 1.56. The van der Waals surface area contributed by atoms with Gasteiger partial charge in [-0.3, -0.25) is 10.8 Å². The van der Waals surface area contributed by atoms with Crippen LogP contribution in [0.25, 0.3) is 0 Å². The van der Waals surface area contributed by atoms with Crippen LogP contribution in [0.2, 0.25) is 0 Å². The number of nitrogens with one attached hydrogen (secondary N) is 2. The lowest BCUT2D eigenvalue weighted by atomic mass is 10.2. The van der Waals surface area contributed by atoms with E-state index in [0.29, 0.717) is 11.3 Å². The second-order valence-corrected chi connectivity index (χ2v) is 4.14. The van der Waals surface area contributed by atoms with Gasteiger partial charge in [-0.2, -0.15) is 0 Å². The molecule has 5 nitrogen and oxygen atoms in total. The molecule has 0 bridgehead atoms. The van der Waals surface area contributed by atoms with Gasteiger partial charge in [-0.05, 0) is 48.9 Å². The maximum absolute atomic E-state index is 7.29. The van der Waals surface area contributed by atoms with Crippen LogP contribution in [-0.4, -0.2) is 5.84 Å². The van der Waals surface area contributed by atoms with Crippen LogP contribution in [0.15, 0.2) is 58.9 Å². The summed E-state index contributed by atoms with van der Waals surface area (Å²) < 4.78 is 0. The SMILES string of the molecule is Cc1cccc(N/N=N/c2ccc(C(=N)N)cc2)c1. The summed E-state index contributed by atoms with van der Waals surface area (Å²) in [6, 6.07) is 14.9. The zero-order valence-electron chi connectivity index (χ0n) is 10.6. The van der Waals surface area contributed by atoms with Gasteiger partial charge in [0.25, 0.3) is 0 Å². The van der Waals surface area contributed by atoms with E-state index in [1.54, 1.807) is 24.3 Å². The number of benzene rings is 2. The second-order valence-electron chi connectivity index (χ2n) is 4.14. The Labute approximate surface area is 111 Å². The maximum Gasteiger partial charge on any atom is 0.122 e. The van der Waals surface area contributed by atoms with E-state index in [1.165, 1.54) is 0 Å². The molecular formula is C14H15N5. The molecule has 0 spiro atoms. The fourth-order valence-electron chi connectivity index (χ4n) is 1.56. The Balaban J connectivity index is 2.01. The van der Waals surface area contributed by atoms with E-state index in [9.17, 15) is 0 Å². The highest BCUT2D eigenvalue weighted by Gasteiger charge is 1.95. The number of aryl methyl sites for hydroxylation is 1. The molecule has 0 saturated carbocycles. The van der Waals surface area contributed by atoms with Gasteiger partial charge >= 0.3 is 0 Å². The van der Waals surface area contributed by atoms with E-state index in [4.69, 9.17) is 11.1 Å². The lowest BCUT2D eigenvalue weighted by molar-refractivity contribution is 1.13. The van der Waals surface area contributed by atoms with Crippen molar-refractivity contribution >= 4 is 17.2 Å². The Bertz CT molecular complexity index is 601. The van der Waals surface area contributed by atoms with Crippen molar-refractivity contribution in [2.75, 3.05) is 5.43 Å². The molecule has 0 aliphatic heterocycles. The van der Waals surface area contributed by atoms with Crippen LogP contribution in [0.4, 0.5) is 11.4 Å². The first-order chi connectivity index (χ1) is 9.15. The molecule has 0 fully saturated rings. The number of anilines is 1. The zero-order chi connectivity index (χ0) is 13.7. The minimum absolute atomic E-state index is 0.0429. The highest BCUT2D eigenvalue weighted by Crippen LogP contribution is 2.14. The Morgan fingerprint density at radius 2 is 1.89 bits per heavy atom. The molecule has 0 atom stereocenters. The molecule has 0 aliphatic carbocycles. The molecule has 0 heterocycles. The van der Waals surface area contributed by atoms with E-state index in [1.807, 2.05) is 31.2 Å². The van der Waals surface area contributed by atoms with Crippen LogP contribution in [0.5, 0.6) is 0 Å². The van der Waals surface area contributed by atoms with Crippen molar-refractivity contribution < 1.29 is 0 Å². The van der Waals surface area contributed by atoms with Gasteiger partial charge in [0, 0.05) is 5.56 Å². The summed E-state index contributed by atoms with van der Waals surface area (Å²) in [5.41, 5.74) is 11.7. The highest BCUT2D eigenvalue weighted by atomic mass is 15.4. The molecule has 96 valence electrons. The molecule has 2 aromatic carbocycles. The smallest absolute Gasteiger partial charge is 0.122 e. The minimum atomic E-state index is 0.0429. The molecule has 4 N–H and O–H groups in total. The second kappa shape index (κ2) is 5.77. The van der Waals surface area contributed by atoms with E-state index >= 15 is 0 Å². The molecule has 0 radical (unpaired) electrons. The fraction of sp³-hybridized carbons (Fsp3) is 0.0714.